The lowest BCUT2D eigenvalue weighted by molar-refractivity contribution is -0.156. The first-order valence-corrected chi connectivity index (χ1v) is 10.9. The number of ether oxygens (including phenoxy) is 1. The Morgan fingerprint density at radius 1 is 1.21 bits per heavy atom. The number of fused-ring (bicyclic) bond motifs is 1. The Bertz CT molecular complexity index is 649. The molecule has 1 unspecified atom stereocenters. The van der Waals surface area contributed by atoms with E-state index in [2.05, 4.69) is 12.2 Å². The number of nitrogens with one attached hydrogen (secondary N) is 1. The zero-order chi connectivity index (χ0) is 19.9. The van der Waals surface area contributed by atoms with E-state index in [-0.39, 0.29) is 30.6 Å². The highest BCUT2D eigenvalue weighted by atomic mass is 16.5. The molecule has 0 bridgehead atoms. The van der Waals surface area contributed by atoms with Gasteiger partial charge in [0.1, 0.15) is 12.6 Å². The molecule has 1 aromatic rings. The Morgan fingerprint density at radius 2 is 1.96 bits per heavy atom. The highest BCUT2D eigenvalue weighted by Gasteiger charge is 2.48. The van der Waals surface area contributed by atoms with Gasteiger partial charge < -0.3 is 15.0 Å². The molecule has 1 saturated heterocycles. The summed E-state index contributed by atoms with van der Waals surface area (Å²) in [6, 6.07) is 9.19. The van der Waals surface area contributed by atoms with Crippen LogP contribution in [0.1, 0.15) is 64.4 Å². The zero-order valence-corrected chi connectivity index (χ0v) is 17.2. The van der Waals surface area contributed by atoms with Gasteiger partial charge in [-0.3, -0.25) is 4.79 Å². The van der Waals surface area contributed by atoms with Gasteiger partial charge in [-0.25, -0.2) is 4.79 Å². The van der Waals surface area contributed by atoms with Gasteiger partial charge in [-0.2, -0.15) is 0 Å². The van der Waals surface area contributed by atoms with Gasteiger partial charge in [0.2, 0.25) is 5.91 Å². The van der Waals surface area contributed by atoms with Crippen LogP contribution in [-0.2, 0) is 20.9 Å². The molecule has 1 aliphatic heterocycles. The minimum Gasteiger partial charge on any atom is -0.459 e. The average Bonchev–Trinajstić information content (AvgIpc) is 3.12. The molecule has 5 heteroatoms. The second kappa shape index (κ2) is 10.1. The van der Waals surface area contributed by atoms with Gasteiger partial charge in [-0.05, 0) is 50.6 Å². The molecule has 3 rings (SSSR count). The summed E-state index contributed by atoms with van der Waals surface area (Å²) in [5, 5.41) is 3.33. The molecule has 0 aromatic heterocycles. The van der Waals surface area contributed by atoms with Crippen molar-refractivity contribution in [1.29, 1.82) is 0 Å². The molecule has 1 aromatic carbocycles. The molecule has 1 amide bonds. The predicted molar refractivity (Wildman–Crippen MR) is 110 cm³/mol. The van der Waals surface area contributed by atoms with Gasteiger partial charge >= 0.3 is 5.97 Å². The van der Waals surface area contributed by atoms with Crippen molar-refractivity contribution in [1.82, 2.24) is 10.2 Å². The summed E-state index contributed by atoms with van der Waals surface area (Å²) in [7, 11) is 0. The lowest BCUT2D eigenvalue weighted by Crippen LogP contribution is -2.53. The van der Waals surface area contributed by atoms with E-state index in [0.717, 1.165) is 50.6 Å². The van der Waals surface area contributed by atoms with Crippen LogP contribution >= 0.6 is 0 Å². The monoisotopic (exact) mass is 386 g/mol. The maximum atomic E-state index is 13.2. The van der Waals surface area contributed by atoms with Gasteiger partial charge in [0, 0.05) is 6.04 Å². The largest absolute Gasteiger partial charge is 0.459 e. The summed E-state index contributed by atoms with van der Waals surface area (Å²) < 4.78 is 5.62. The van der Waals surface area contributed by atoms with Crippen molar-refractivity contribution < 1.29 is 14.3 Å². The molecule has 4 atom stereocenters. The summed E-state index contributed by atoms with van der Waals surface area (Å²) >= 11 is 0. The van der Waals surface area contributed by atoms with E-state index in [1.165, 1.54) is 6.42 Å². The van der Waals surface area contributed by atoms with Crippen LogP contribution in [0.3, 0.4) is 0 Å². The molecule has 0 radical (unpaired) electrons. The lowest BCUT2D eigenvalue weighted by Gasteiger charge is -2.35. The van der Waals surface area contributed by atoms with E-state index < -0.39 is 6.04 Å². The molecule has 5 nitrogen and oxygen atoms in total. The number of carbonyl (C=O) groups excluding carboxylic acids is 2. The van der Waals surface area contributed by atoms with Crippen molar-refractivity contribution in [3.05, 3.63) is 35.9 Å². The molecular formula is C23H34N2O3. The number of rotatable bonds is 8. The van der Waals surface area contributed by atoms with Gasteiger partial charge in [0.15, 0.2) is 0 Å². The van der Waals surface area contributed by atoms with Crippen molar-refractivity contribution in [2.24, 2.45) is 5.92 Å². The molecule has 1 heterocycles. The Labute approximate surface area is 168 Å². The normalized spacial score (nSPS) is 25.2. The summed E-state index contributed by atoms with van der Waals surface area (Å²) in [6.07, 6.45) is 7.32. The summed E-state index contributed by atoms with van der Waals surface area (Å²) in [5.74, 6) is 0.217. The standard InChI is InChI=1S/C23H34N2O3/c1-3-4-14-24-17(2)22(26)25-20-13-9-8-12-19(20)15-21(25)23(27)28-16-18-10-6-5-7-11-18/h5-7,10-11,17,19-21,24H,3-4,8-9,12-16H2,1-2H3/t17-,19?,20-,21-/m0/s1. The minimum atomic E-state index is -0.445. The average molecular weight is 387 g/mol. The lowest BCUT2D eigenvalue weighted by atomic mass is 9.84. The van der Waals surface area contributed by atoms with Crippen molar-refractivity contribution >= 4 is 11.9 Å². The molecule has 1 aliphatic carbocycles. The van der Waals surface area contributed by atoms with E-state index in [4.69, 9.17) is 4.74 Å². The van der Waals surface area contributed by atoms with Crippen molar-refractivity contribution in [2.45, 2.75) is 83.5 Å². The zero-order valence-electron chi connectivity index (χ0n) is 17.2. The molecular weight excluding hydrogens is 352 g/mol. The molecule has 0 spiro atoms. The smallest absolute Gasteiger partial charge is 0.329 e. The number of nitrogens with zero attached hydrogens (tertiary/aromatic N) is 1. The summed E-state index contributed by atoms with van der Waals surface area (Å²) in [5.41, 5.74) is 0.971. The second-order valence-corrected chi connectivity index (χ2v) is 8.23. The molecule has 2 aliphatic rings. The molecule has 1 N–H and O–H groups in total. The highest BCUT2D eigenvalue weighted by Crippen LogP contribution is 2.40. The van der Waals surface area contributed by atoms with Crippen LogP contribution in [0.15, 0.2) is 30.3 Å². The van der Waals surface area contributed by atoms with E-state index in [1.54, 1.807) is 0 Å². The quantitative estimate of drug-likeness (QED) is 0.547. The van der Waals surface area contributed by atoms with E-state index in [9.17, 15) is 9.59 Å². The molecule has 1 saturated carbocycles. The van der Waals surface area contributed by atoms with Crippen LogP contribution in [0.4, 0.5) is 0 Å². The number of hydrogen-bond acceptors (Lipinski definition) is 4. The number of carbonyl (C=O) groups is 2. The SMILES string of the molecule is CCCCN[C@@H](C)C(=O)N1[C@H](C(=O)OCc2ccccc2)CC2CCCC[C@@H]21. The topological polar surface area (TPSA) is 58.6 Å². The molecule has 154 valence electrons. The second-order valence-electron chi connectivity index (χ2n) is 8.23. The van der Waals surface area contributed by atoms with E-state index in [1.807, 2.05) is 42.2 Å². The number of hydrogen-bond donors (Lipinski definition) is 1. The maximum absolute atomic E-state index is 13.2. The fourth-order valence-electron chi connectivity index (χ4n) is 4.62. The number of amides is 1. The van der Waals surface area contributed by atoms with E-state index in [0.29, 0.717) is 5.92 Å². The van der Waals surface area contributed by atoms with Crippen LogP contribution in [-0.4, -0.2) is 41.4 Å². The van der Waals surface area contributed by atoms with Gasteiger partial charge in [0.05, 0.1) is 6.04 Å². The molecule has 2 fully saturated rings. The van der Waals surface area contributed by atoms with Crippen LogP contribution in [0.2, 0.25) is 0 Å². The maximum Gasteiger partial charge on any atom is 0.329 e. The van der Waals surface area contributed by atoms with Crippen LogP contribution < -0.4 is 5.32 Å². The first kappa shape index (κ1) is 20.8. The van der Waals surface area contributed by atoms with Gasteiger partial charge in [0.25, 0.3) is 0 Å². The third-order valence-electron chi connectivity index (χ3n) is 6.19. The Balaban J connectivity index is 1.68. The van der Waals surface area contributed by atoms with Gasteiger partial charge in [-0.1, -0.05) is 56.5 Å². The van der Waals surface area contributed by atoms with Crippen molar-refractivity contribution in [3.63, 3.8) is 0 Å². The fourth-order valence-corrected chi connectivity index (χ4v) is 4.62. The Kier molecular flexibility index (Phi) is 7.49. The summed E-state index contributed by atoms with van der Waals surface area (Å²) in [6.45, 7) is 5.15. The Hall–Kier alpha value is -1.88. The van der Waals surface area contributed by atoms with Crippen LogP contribution in [0.25, 0.3) is 0 Å². The number of unbranched alkanes of at least 4 members (excludes halogenated alkanes) is 1. The number of benzene rings is 1. The van der Waals surface area contributed by atoms with Crippen molar-refractivity contribution in [2.75, 3.05) is 6.54 Å². The van der Waals surface area contributed by atoms with E-state index >= 15 is 0 Å². The highest BCUT2D eigenvalue weighted by molar-refractivity contribution is 5.88. The van der Waals surface area contributed by atoms with Crippen LogP contribution in [0, 0.1) is 5.92 Å². The first-order chi connectivity index (χ1) is 13.6. The fraction of sp³-hybridized carbons (Fsp3) is 0.652. The first-order valence-electron chi connectivity index (χ1n) is 10.9. The van der Waals surface area contributed by atoms with Crippen molar-refractivity contribution in [3.8, 4) is 0 Å². The Morgan fingerprint density at radius 3 is 2.71 bits per heavy atom. The third kappa shape index (κ3) is 4.93. The number of likely N-dealkylation sites (tertiary alicyclic amines) is 1. The molecule has 28 heavy (non-hydrogen) atoms. The minimum absolute atomic E-state index is 0.0483. The summed E-state index contributed by atoms with van der Waals surface area (Å²) in [4.78, 5) is 28.0. The third-order valence-corrected chi connectivity index (χ3v) is 6.19. The number of esters is 1. The predicted octanol–water partition coefficient (Wildman–Crippen LogP) is 3.67. The van der Waals surface area contributed by atoms with Gasteiger partial charge in [-0.15, -0.1) is 0 Å². The van der Waals surface area contributed by atoms with Crippen LogP contribution in [0.5, 0.6) is 0 Å².